The van der Waals surface area contributed by atoms with Crippen LogP contribution >= 0.6 is 34.0 Å². The maximum atomic E-state index is 6.83. The number of para-hydroxylation sites is 1. The van der Waals surface area contributed by atoms with Crippen LogP contribution in [0.1, 0.15) is 0 Å². The van der Waals surface area contributed by atoms with Gasteiger partial charge in [-0.3, -0.25) is 0 Å². The lowest BCUT2D eigenvalue weighted by Crippen LogP contribution is -2.00. The van der Waals surface area contributed by atoms with Crippen molar-refractivity contribution in [3.63, 3.8) is 0 Å². The monoisotopic (exact) mass is 959 g/mol. The molecule has 10 aromatic carbocycles. The van der Waals surface area contributed by atoms with Gasteiger partial charge in [0.2, 0.25) is 0 Å². The van der Waals surface area contributed by atoms with Gasteiger partial charge >= 0.3 is 0 Å². The molecule has 0 fully saturated rings. The van der Waals surface area contributed by atoms with Gasteiger partial charge in [-0.25, -0.2) is 15.0 Å². The highest BCUT2D eigenvalue weighted by Crippen LogP contribution is 2.45. The molecule has 8 heteroatoms. The second-order valence-corrected chi connectivity index (χ2v) is 21.4. The quantitative estimate of drug-likeness (QED) is 0.172. The van der Waals surface area contributed by atoms with Gasteiger partial charge in [0.15, 0.2) is 17.5 Å². The third-order valence-corrected chi connectivity index (χ3v) is 17.6. The van der Waals surface area contributed by atoms with Gasteiger partial charge in [0.25, 0.3) is 0 Å². The van der Waals surface area contributed by atoms with E-state index in [9.17, 15) is 0 Å². The van der Waals surface area contributed by atoms with Gasteiger partial charge in [-0.05, 0) is 77.4 Å². The molecule has 5 nitrogen and oxygen atoms in total. The van der Waals surface area contributed by atoms with Crippen molar-refractivity contribution in [2.75, 3.05) is 0 Å². The van der Waals surface area contributed by atoms with Crippen molar-refractivity contribution in [1.29, 1.82) is 0 Å². The first-order valence-electron chi connectivity index (χ1n) is 23.5. The van der Waals surface area contributed by atoms with Crippen molar-refractivity contribution in [3.8, 4) is 56.4 Å². The summed E-state index contributed by atoms with van der Waals surface area (Å²) in [5.41, 5.74) is 10.4. The second-order valence-electron chi connectivity index (χ2n) is 18.2. The fourth-order valence-corrected chi connectivity index (χ4v) is 14.3. The standard InChI is InChI=1S/C63H33N3O2S3/c1-4-19-52-40(10-1)43-26-22-35(31-55(43)69-52)39-14-7-15-46-58-38(13-8-18-51(58)68-60(39)46)34-25-29-49-48(30-34)59-47(16-9-17-50(59)67-49)63-65-61(36-23-27-44-41-11-2-5-20-53(41)70-56(44)32-36)64-62(66-63)37-24-28-45-42-12-3-6-21-54(42)71-57(45)33-37/h1-33H. The molecule has 0 bridgehead atoms. The molecule has 0 aliphatic rings. The van der Waals surface area contributed by atoms with Crippen molar-refractivity contribution in [3.05, 3.63) is 200 Å². The van der Waals surface area contributed by atoms with E-state index in [1.54, 1.807) is 22.7 Å². The minimum absolute atomic E-state index is 0.584. The third-order valence-electron chi connectivity index (χ3n) is 14.2. The zero-order valence-electron chi connectivity index (χ0n) is 37.4. The summed E-state index contributed by atoms with van der Waals surface area (Å²) in [6, 6.07) is 71.3. The topological polar surface area (TPSA) is 65.0 Å². The van der Waals surface area contributed by atoms with Crippen LogP contribution in [0.2, 0.25) is 0 Å². The van der Waals surface area contributed by atoms with E-state index in [1.165, 1.54) is 60.5 Å². The normalized spacial score (nSPS) is 12.2. The van der Waals surface area contributed by atoms with E-state index in [0.29, 0.717) is 17.5 Å². The first-order chi connectivity index (χ1) is 35.1. The van der Waals surface area contributed by atoms with Crippen LogP contribution in [0.3, 0.4) is 0 Å². The Morgan fingerprint density at radius 2 is 0.704 bits per heavy atom. The van der Waals surface area contributed by atoms with Gasteiger partial charge in [-0.2, -0.15) is 0 Å². The van der Waals surface area contributed by atoms with Gasteiger partial charge in [-0.15, -0.1) is 34.0 Å². The predicted molar refractivity (Wildman–Crippen MR) is 300 cm³/mol. The van der Waals surface area contributed by atoms with E-state index in [1.807, 2.05) is 23.5 Å². The summed E-state index contributed by atoms with van der Waals surface area (Å²) in [6.07, 6.45) is 0. The second kappa shape index (κ2) is 15.0. The summed E-state index contributed by atoms with van der Waals surface area (Å²) in [7, 11) is 0. The van der Waals surface area contributed by atoms with E-state index in [2.05, 4.69) is 188 Å². The Balaban J connectivity index is 0.867. The number of benzene rings is 10. The minimum atomic E-state index is 0.584. The number of hydrogen-bond donors (Lipinski definition) is 0. The van der Waals surface area contributed by atoms with Crippen LogP contribution in [-0.4, -0.2) is 15.0 Å². The van der Waals surface area contributed by atoms with Crippen LogP contribution in [0.5, 0.6) is 0 Å². The van der Waals surface area contributed by atoms with Crippen LogP contribution in [0, 0.1) is 0 Å². The number of hydrogen-bond acceptors (Lipinski definition) is 8. The molecule has 0 spiro atoms. The minimum Gasteiger partial charge on any atom is -0.456 e. The van der Waals surface area contributed by atoms with Gasteiger partial charge in [0.05, 0.1) is 0 Å². The number of aromatic nitrogens is 3. The van der Waals surface area contributed by atoms with Crippen LogP contribution < -0.4 is 0 Å². The maximum Gasteiger partial charge on any atom is 0.164 e. The van der Waals surface area contributed by atoms with Gasteiger partial charge < -0.3 is 8.83 Å². The maximum absolute atomic E-state index is 6.83. The Labute approximate surface area is 416 Å². The zero-order chi connectivity index (χ0) is 46.3. The highest BCUT2D eigenvalue weighted by molar-refractivity contribution is 7.26. The van der Waals surface area contributed by atoms with Crippen molar-refractivity contribution in [2.45, 2.75) is 0 Å². The molecular formula is C63H33N3O2S3. The fraction of sp³-hybridized carbons (Fsp3) is 0. The Morgan fingerprint density at radius 1 is 0.268 bits per heavy atom. The summed E-state index contributed by atoms with van der Waals surface area (Å²) in [5.74, 6) is 1.82. The SMILES string of the molecule is c1cc(-c2nc(-c3ccc4c(c3)sc3ccccc34)nc(-c3ccc4c(c3)sc3ccccc34)n2)c2c(c1)oc1ccc(-c3cccc4oc5c(-c6ccc7c(c6)sc6ccccc67)cccc5c34)cc12. The van der Waals surface area contributed by atoms with Crippen LogP contribution in [0.15, 0.2) is 209 Å². The molecule has 0 radical (unpaired) electrons. The lowest BCUT2D eigenvalue weighted by atomic mass is 9.95. The third kappa shape index (κ3) is 5.99. The number of fused-ring (bicyclic) bond motifs is 15. The molecule has 71 heavy (non-hydrogen) atoms. The van der Waals surface area contributed by atoms with Crippen LogP contribution in [-0.2, 0) is 0 Å². The molecule has 0 N–H and O–H groups in total. The molecule has 0 saturated heterocycles. The van der Waals surface area contributed by atoms with E-state index in [0.717, 1.165) is 82.8 Å². The molecule has 330 valence electrons. The molecule has 16 rings (SSSR count). The summed E-state index contributed by atoms with van der Waals surface area (Å²) < 4.78 is 21.0. The lowest BCUT2D eigenvalue weighted by molar-refractivity contribution is 0.669. The Kier molecular flexibility index (Phi) is 8.30. The van der Waals surface area contributed by atoms with Crippen molar-refractivity contribution in [1.82, 2.24) is 15.0 Å². The molecule has 0 aliphatic carbocycles. The number of rotatable bonds is 5. The molecule has 0 saturated carbocycles. The van der Waals surface area contributed by atoms with E-state index in [-0.39, 0.29) is 0 Å². The molecule has 0 aliphatic heterocycles. The molecular weight excluding hydrogens is 927 g/mol. The molecule has 6 aromatic heterocycles. The number of furan rings is 2. The number of thiophene rings is 3. The zero-order valence-corrected chi connectivity index (χ0v) is 39.9. The van der Waals surface area contributed by atoms with Crippen molar-refractivity contribution < 1.29 is 8.83 Å². The Morgan fingerprint density at radius 3 is 1.32 bits per heavy atom. The molecule has 6 heterocycles. The largest absolute Gasteiger partial charge is 0.456 e. The fourth-order valence-electron chi connectivity index (χ4n) is 10.9. The highest BCUT2D eigenvalue weighted by atomic mass is 32.1. The average Bonchev–Trinajstić information content (AvgIpc) is 4.25. The van der Waals surface area contributed by atoms with E-state index in [4.69, 9.17) is 23.8 Å². The molecule has 0 amide bonds. The molecule has 0 unspecified atom stereocenters. The molecule has 16 aromatic rings. The summed E-state index contributed by atoms with van der Waals surface area (Å²) in [5, 5.41) is 11.7. The van der Waals surface area contributed by atoms with Gasteiger partial charge in [0, 0.05) is 104 Å². The molecule has 0 atom stereocenters. The van der Waals surface area contributed by atoms with Gasteiger partial charge in [0.1, 0.15) is 22.3 Å². The van der Waals surface area contributed by atoms with E-state index < -0.39 is 0 Å². The predicted octanol–water partition coefficient (Wildman–Crippen LogP) is 19.1. The van der Waals surface area contributed by atoms with E-state index >= 15 is 0 Å². The van der Waals surface area contributed by atoms with Crippen molar-refractivity contribution >= 4 is 138 Å². The van der Waals surface area contributed by atoms with Crippen LogP contribution in [0.4, 0.5) is 0 Å². The highest BCUT2D eigenvalue weighted by Gasteiger charge is 2.22. The van der Waals surface area contributed by atoms with Crippen LogP contribution in [0.25, 0.3) is 161 Å². The average molecular weight is 960 g/mol. The summed E-state index contributed by atoms with van der Waals surface area (Å²) in [6.45, 7) is 0. The smallest absolute Gasteiger partial charge is 0.164 e. The number of nitrogens with zero attached hydrogens (tertiary/aromatic N) is 3. The van der Waals surface area contributed by atoms with Gasteiger partial charge in [-0.1, -0.05) is 140 Å². The summed E-state index contributed by atoms with van der Waals surface area (Å²) >= 11 is 5.42. The Hall–Kier alpha value is -8.53. The first kappa shape index (κ1) is 39.3. The summed E-state index contributed by atoms with van der Waals surface area (Å²) in [4.78, 5) is 15.9. The lowest BCUT2D eigenvalue weighted by Gasteiger charge is -2.10. The first-order valence-corrected chi connectivity index (χ1v) is 26.0. The Bertz CT molecular complexity index is 4780. The van der Waals surface area contributed by atoms with Crippen molar-refractivity contribution in [2.24, 2.45) is 0 Å².